The Labute approximate surface area is 130 Å². The van der Waals surface area contributed by atoms with Crippen molar-refractivity contribution in [1.29, 1.82) is 0 Å². The van der Waals surface area contributed by atoms with Gasteiger partial charge in [-0.3, -0.25) is 9.78 Å². The van der Waals surface area contributed by atoms with Crippen molar-refractivity contribution < 1.29 is 8.78 Å². The van der Waals surface area contributed by atoms with E-state index in [0.717, 1.165) is 18.1 Å². The van der Waals surface area contributed by atoms with Gasteiger partial charge in [0, 0.05) is 18.5 Å². The first-order chi connectivity index (χ1) is 10.5. The first-order valence-electron chi connectivity index (χ1n) is 6.94. The van der Waals surface area contributed by atoms with Crippen LogP contribution in [0.1, 0.15) is 24.8 Å². The van der Waals surface area contributed by atoms with Gasteiger partial charge in [-0.2, -0.15) is 0 Å². The number of hydrogen-bond acceptors (Lipinski definition) is 3. The van der Waals surface area contributed by atoms with Crippen LogP contribution in [0.15, 0.2) is 29.2 Å². The quantitative estimate of drug-likeness (QED) is 0.923. The minimum atomic E-state index is -0.852. The molecule has 0 radical (unpaired) electrons. The summed E-state index contributed by atoms with van der Waals surface area (Å²) in [5, 5.41) is 0.0350. The number of hydrogen-bond donors (Lipinski definition) is 1. The van der Waals surface area contributed by atoms with E-state index in [9.17, 15) is 13.6 Å². The first-order valence-corrected chi connectivity index (χ1v) is 7.31. The molecule has 7 heteroatoms. The summed E-state index contributed by atoms with van der Waals surface area (Å²) < 4.78 is 26.5. The highest BCUT2D eigenvalue weighted by molar-refractivity contribution is 6.30. The van der Waals surface area contributed by atoms with Crippen LogP contribution in [0.25, 0.3) is 0 Å². The van der Waals surface area contributed by atoms with Crippen molar-refractivity contribution in [3.8, 4) is 0 Å². The number of rotatable bonds is 2. The summed E-state index contributed by atoms with van der Waals surface area (Å²) in [4.78, 5) is 20.3. The highest BCUT2D eigenvalue weighted by Crippen LogP contribution is 2.35. The molecule has 3 rings (SSSR count). The molecule has 1 saturated heterocycles. The molecule has 2 heterocycles. The molecule has 1 aliphatic heterocycles. The fourth-order valence-corrected chi connectivity index (χ4v) is 3.04. The number of halogens is 3. The van der Waals surface area contributed by atoms with Gasteiger partial charge in [-0.25, -0.2) is 13.8 Å². The Hall–Kier alpha value is -1.95. The molecule has 116 valence electrons. The van der Waals surface area contributed by atoms with Crippen LogP contribution in [0.5, 0.6) is 0 Å². The number of nitrogens with zero attached hydrogens (tertiary/aromatic N) is 2. The summed E-state index contributed by atoms with van der Waals surface area (Å²) in [6, 6.07) is 3.97. The van der Waals surface area contributed by atoms with Crippen LogP contribution in [0.2, 0.25) is 5.02 Å². The SMILES string of the molecule is CC1C(c2ccc(F)c(F)c2)CCN1c1ncc(Cl)c(=O)[nH]1. The average molecular weight is 326 g/mol. The molecule has 1 aromatic carbocycles. The van der Waals surface area contributed by atoms with Crippen LogP contribution in [-0.4, -0.2) is 22.6 Å². The second kappa shape index (κ2) is 5.68. The summed E-state index contributed by atoms with van der Waals surface area (Å²) >= 11 is 5.68. The zero-order valence-corrected chi connectivity index (χ0v) is 12.6. The van der Waals surface area contributed by atoms with Gasteiger partial charge in [-0.05, 0) is 31.0 Å². The normalized spacial score (nSPS) is 21.4. The molecule has 0 amide bonds. The molecule has 2 aromatic rings. The van der Waals surface area contributed by atoms with E-state index >= 15 is 0 Å². The van der Waals surface area contributed by atoms with Gasteiger partial charge in [0.15, 0.2) is 11.6 Å². The summed E-state index contributed by atoms with van der Waals surface area (Å²) in [5.41, 5.74) is 0.348. The number of aromatic amines is 1. The number of anilines is 1. The van der Waals surface area contributed by atoms with Crippen molar-refractivity contribution in [2.75, 3.05) is 11.4 Å². The fourth-order valence-electron chi connectivity index (χ4n) is 2.94. The second-order valence-electron chi connectivity index (χ2n) is 5.39. The third-order valence-electron chi connectivity index (χ3n) is 4.14. The van der Waals surface area contributed by atoms with Crippen LogP contribution in [0.3, 0.4) is 0 Å². The standard InChI is InChI=1S/C15H14ClF2N3O/c1-8-10(9-2-3-12(17)13(18)6-9)4-5-21(8)15-19-7-11(16)14(22)20-15/h2-3,6-8,10H,4-5H2,1H3,(H,19,20,22). The van der Waals surface area contributed by atoms with Gasteiger partial charge < -0.3 is 4.90 Å². The molecule has 0 spiro atoms. The predicted octanol–water partition coefficient (Wildman–Crippen LogP) is 3.08. The molecule has 0 bridgehead atoms. The van der Waals surface area contributed by atoms with Crippen molar-refractivity contribution in [1.82, 2.24) is 9.97 Å². The molecule has 1 aromatic heterocycles. The Balaban J connectivity index is 1.88. The molecule has 4 nitrogen and oxygen atoms in total. The molecule has 1 fully saturated rings. The van der Waals surface area contributed by atoms with E-state index in [1.807, 2.05) is 11.8 Å². The van der Waals surface area contributed by atoms with E-state index in [1.165, 1.54) is 12.3 Å². The topological polar surface area (TPSA) is 49.0 Å². The van der Waals surface area contributed by atoms with Gasteiger partial charge in [0.1, 0.15) is 5.02 Å². The molecule has 2 atom stereocenters. The van der Waals surface area contributed by atoms with Gasteiger partial charge in [-0.1, -0.05) is 17.7 Å². The number of benzene rings is 1. The Bertz CT molecular complexity index is 765. The summed E-state index contributed by atoms with van der Waals surface area (Å²) in [6.45, 7) is 2.63. The lowest BCUT2D eigenvalue weighted by molar-refractivity contribution is 0.503. The molecule has 2 unspecified atom stereocenters. The Kier molecular flexibility index (Phi) is 3.87. The van der Waals surface area contributed by atoms with E-state index in [0.29, 0.717) is 12.5 Å². The summed E-state index contributed by atoms with van der Waals surface area (Å²) in [5.74, 6) is -1.22. The Morgan fingerprint density at radius 2 is 2.14 bits per heavy atom. The van der Waals surface area contributed by atoms with Gasteiger partial charge in [0.25, 0.3) is 5.56 Å². The fraction of sp³-hybridized carbons (Fsp3) is 0.333. The maximum Gasteiger partial charge on any atom is 0.271 e. The van der Waals surface area contributed by atoms with Crippen LogP contribution in [0, 0.1) is 11.6 Å². The highest BCUT2D eigenvalue weighted by Gasteiger charge is 2.33. The lowest BCUT2D eigenvalue weighted by Crippen LogP contribution is -2.32. The van der Waals surface area contributed by atoms with Crippen LogP contribution in [-0.2, 0) is 0 Å². The van der Waals surface area contributed by atoms with Crippen molar-refractivity contribution in [3.63, 3.8) is 0 Å². The number of nitrogens with one attached hydrogen (secondary N) is 1. The van der Waals surface area contributed by atoms with Crippen molar-refractivity contribution in [3.05, 3.63) is 57.0 Å². The van der Waals surface area contributed by atoms with E-state index in [4.69, 9.17) is 11.6 Å². The maximum atomic E-state index is 13.4. The zero-order chi connectivity index (χ0) is 15.9. The number of aromatic nitrogens is 2. The van der Waals surface area contributed by atoms with E-state index in [2.05, 4.69) is 9.97 Å². The van der Waals surface area contributed by atoms with Crippen molar-refractivity contribution in [2.24, 2.45) is 0 Å². The molecular formula is C15H14ClF2N3O. The minimum Gasteiger partial charge on any atom is -0.339 e. The average Bonchev–Trinajstić information content (AvgIpc) is 2.87. The monoisotopic (exact) mass is 325 g/mol. The van der Waals surface area contributed by atoms with Gasteiger partial charge in [0.05, 0.1) is 6.20 Å². The van der Waals surface area contributed by atoms with Crippen molar-refractivity contribution >= 4 is 17.5 Å². The highest BCUT2D eigenvalue weighted by atomic mass is 35.5. The van der Waals surface area contributed by atoms with Gasteiger partial charge in [-0.15, -0.1) is 0 Å². The van der Waals surface area contributed by atoms with Crippen LogP contribution in [0.4, 0.5) is 14.7 Å². The predicted molar refractivity (Wildman–Crippen MR) is 80.4 cm³/mol. The number of H-pyrrole nitrogens is 1. The molecule has 1 N–H and O–H groups in total. The molecule has 1 aliphatic rings. The van der Waals surface area contributed by atoms with Crippen LogP contribution < -0.4 is 10.5 Å². The maximum absolute atomic E-state index is 13.4. The van der Waals surface area contributed by atoms with Gasteiger partial charge >= 0.3 is 0 Å². The van der Waals surface area contributed by atoms with E-state index < -0.39 is 17.2 Å². The summed E-state index contributed by atoms with van der Waals surface area (Å²) in [6.07, 6.45) is 2.08. The summed E-state index contributed by atoms with van der Waals surface area (Å²) in [7, 11) is 0. The third-order valence-corrected chi connectivity index (χ3v) is 4.41. The zero-order valence-electron chi connectivity index (χ0n) is 11.8. The largest absolute Gasteiger partial charge is 0.339 e. The minimum absolute atomic E-state index is 0.00538. The van der Waals surface area contributed by atoms with E-state index in [-0.39, 0.29) is 17.0 Å². The Morgan fingerprint density at radius 3 is 2.82 bits per heavy atom. The smallest absolute Gasteiger partial charge is 0.271 e. The van der Waals surface area contributed by atoms with Crippen molar-refractivity contribution in [2.45, 2.75) is 25.3 Å². The molecule has 0 aliphatic carbocycles. The Morgan fingerprint density at radius 1 is 1.36 bits per heavy atom. The first kappa shape index (κ1) is 15.0. The molecular weight excluding hydrogens is 312 g/mol. The van der Waals surface area contributed by atoms with E-state index in [1.54, 1.807) is 6.07 Å². The molecule has 0 saturated carbocycles. The second-order valence-corrected chi connectivity index (χ2v) is 5.79. The third kappa shape index (κ3) is 2.59. The van der Waals surface area contributed by atoms with Gasteiger partial charge in [0.2, 0.25) is 5.95 Å². The lowest BCUT2D eigenvalue weighted by atomic mass is 9.92. The lowest BCUT2D eigenvalue weighted by Gasteiger charge is -2.25. The van der Waals surface area contributed by atoms with Crippen LogP contribution >= 0.6 is 11.6 Å². The molecule has 22 heavy (non-hydrogen) atoms.